The summed E-state index contributed by atoms with van der Waals surface area (Å²) in [7, 11) is 0. The molecule has 1 rings (SSSR count). The lowest BCUT2D eigenvalue weighted by Gasteiger charge is -2.23. The van der Waals surface area contributed by atoms with Gasteiger partial charge in [0.2, 0.25) is 0 Å². The molecule has 0 aromatic rings. The minimum absolute atomic E-state index is 0.0741. The molecule has 0 N–H and O–H groups in total. The van der Waals surface area contributed by atoms with Crippen LogP contribution in [0.2, 0.25) is 0 Å². The van der Waals surface area contributed by atoms with Gasteiger partial charge < -0.3 is 9.47 Å². The highest BCUT2D eigenvalue weighted by atomic mass is 32.2. The number of thioether (sulfide) groups is 1. The van der Waals surface area contributed by atoms with Crippen molar-refractivity contribution in [2.75, 3.05) is 19.0 Å². The van der Waals surface area contributed by atoms with Crippen LogP contribution in [0.5, 0.6) is 0 Å². The lowest BCUT2D eigenvalue weighted by molar-refractivity contribution is -0.178. The van der Waals surface area contributed by atoms with Gasteiger partial charge in [-0.2, -0.15) is 11.8 Å². The van der Waals surface area contributed by atoms with Gasteiger partial charge in [-0.25, -0.2) is 0 Å². The average molecular weight is 190 g/mol. The Morgan fingerprint density at radius 3 is 2.58 bits per heavy atom. The lowest BCUT2D eigenvalue weighted by atomic mass is 10.4. The molecule has 1 aliphatic heterocycles. The van der Waals surface area contributed by atoms with Gasteiger partial charge in [-0.1, -0.05) is 13.8 Å². The van der Waals surface area contributed by atoms with Crippen LogP contribution in [0, 0.1) is 0 Å². The molecule has 0 atom stereocenters. The molecule has 0 saturated carbocycles. The molecule has 0 spiro atoms. The highest BCUT2D eigenvalue weighted by molar-refractivity contribution is 7.99. The summed E-state index contributed by atoms with van der Waals surface area (Å²) >= 11 is 1.96. The van der Waals surface area contributed by atoms with Crippen molar-refractivity contribution in [1.29, 1.82) is 0 Å². The molecule has 0 bridgehead atoms. The van der Waals surface area contributed by atoms with Crippen molar-refractivity contribution in [3.63, 3.8) is 0 Å². The smallest absolute Gasteiger partial charge is 0.158 e. The van der Waals surface area contributed by atoms with Crippen molar-refractivity contribution in [2.24, 2.45) is 0 Å². The van der Waals surface area contributed by atoms with Crippen molar-refractivity contribution in [3.8, 4) is 0 Å². The number of ether oxygens (including phenoxy) is 2. The van der Waals surface area contributed by atoms with Gasteiger partial charge in [-0.15, -0.1) is 0 Å². The van der Waals surface area contributed by atoms with Crippen LogP contribution in [0.1, 0.15) is 26.7 Å². The Hall–Kier alpha value is 0.270. The molecule has 1 saturated heterocycles. The van der Waals surface area contributed by atoms with Gasteiger partial charge in [0.05, 0.1) is 13.2 Å². The molecule has 0 aromatic carbocycles. The number of hydrogen-bond acceptors (Lipinski definition) is 3. The van der Waals surface area contributed by atoms with Crippen LogP contribution < -0.4 is 0 Å². The predicted molar refractivity (Wildman–Crippen MR) is 52.5 cm³/mol. The quantitative estimate of drug-likeness (QED) is 0.677. The Morgan fingerprint density at radius 1 is 1.33 bits per heavy atom. The second-order valence-electron chi connectivity index (χ2n) is 3.23. The molecule has 0 amide bonds. The summed E-state index contributed by atoms with van der Waals surface area (Å²) in [6.45, 7) is 6.18. The van der Waals surface area contributed by atoms with E-state index in [0.717, 1.165) is 31.8 Å². The Labute approximate surface area is 79.0 Å². The second-order valence-corrected chi connectivity index (χ2v) is 4.92. The first-order valence-corrected chi connectivity index (χ1v) is 5.68. The standard InChI is InChI=1S/C9H18O2S/c1-8(2)12-7-4-9-10-5-3-6-11-9/h8-9H,3-7H2,1-2H3. The fraction of sp³-hybridized carbons (Fsp3) is 1.00. The summed E-state index contributed by atoms with van der Waals surface area (Å²) < 4.78 is 10.8. The third-order valence-electron chi connectivity index (χ3n) is 1.70. The topological polar surface area (TPSA) is 18.5 Å². The number of hydrogen-bond donors (Lipinski definition) is 0. The second kappa shape index (κ2) is 5.84. The molecule has 2 nitrogen and oxygen atoms in total. The molecule has 3 heteroatoms. The zero-order chi connectivity index (χ0) is 8.81. The average Bonchev–Trinajstić information content (AvgIpc) is 2.05. The van der Waals surface area contributed by atoms with Crippen LogP contribution in [0.3, 0.4) is 0 Å². The SMILES string of the molecule is CC(C)SCCC1OCCCO1. The fourth-order valence-electron chi connectivity index (χ4n) is 1.10. The molecule has 72 valence electrons. The number of rotatable bonds is 4. The first-order valence-electron chi connectivity index (χ1n) is 4.64. The van der Waals surface area contributed by atoms with E-state index in [1.165, 1.54) is 0 Å². The largest absolute Gasteiger partial charge is 0.353 e. The molecule has 0 unspecified atom stereocenters. The zero-order valence-electron chi connectivity index (χ0n) is 7.91. The summed E-state index contributed by atoms with van der Waals surface area (Å²) in [4.78, 5) is 0. The van der Waals surface area contributed by atoms with E-state index < -0.39 is 0 Å². The molecule has 1 fully saturated rings. The van der Waals surface area contributed by atoms with Gasteiger partial charge in [0.15, 0.2) is 6.29 Å². The van der Waals surface area contributed by atoms with Gasteiger partial charge in [-0.05, 0) is 17.4 Å². The summed E-state index contributed by atoms with van der Waals surface area (Å²) in [6, 6.07) is 0. The van der Waals surface area contributed by atoms with E-state index in [-0.39, 0.29) is 6.29 Å². The first kappa shape index (κ1) is 10.4. The minimum Gasteiger partial charge on any atom is -0.353 e. The molecule has 0 aliphatic carbocycles. The van der Waals surface area contributed by atoms with Crippen LogP contribution >= 0.6 is 11.8 Å². The zero-order valence-corrected chi connectivity index (χ0v) is 8.73. The molecule has 1 aliphatic rings. The van der Waals surface area contributed by atoms with E-state index in [4.69, 9.17) is 9.47 Å². The third-order valence-corrected chi connectivity index (χ3v) is 2.84. The van der Waals surface area contributed by atoms with E-state index in [9.17, 15) is 0 Å². The first-order chi connectivity index (χ1) is 5.79. The molecular formula is C9H18O2S. The molecule has 0 radical (unpaired) electrons. The van der Waals surface area contributed by atoms with E-state index in [2.05, 4.69) is 13.8 Å². The Kier molecular flexibility index (Phi) is 5.04. The van der Waals surface area contributed by atoms with Crippen molar-refractivity contribution < 1.29 is 9.47 Å². The molecule has 0 aromatic heterocycles. The summed E-state index contributed by atoms with van der Waals surface area (Å²) in [5.41, 5.74) is 0. The van der Waals surface area contributed by atoms with Gasteiger partial charge in [0, 0.05) is 6.42 Å². The van der Waals surface area contributed by atoms with Crippen LogP contribution in [-0.2, 0) is 9.47 Å². The summed E-state index contributed by atoms with van der Waals surface area (Å²) in [5.74, 6) is 1.14. The van der Waals surface area contributed by atoms with Gasteiger partial charge in [0.1, 0.15) is 0 Å². The highest BCUT2D eigenvalue weighted by Crippen LogP contribution is 2.15. The van der Waals surface area contributed by atoms with Gasteiger partial charge >= 0.3 is 0 Å². The maximum Gasteiger partial charge on any atom is 0.158 e. The van der Waals surface area contributed by atoms with E-state index >= 15 is 0 Å². The van der Waals surface area contributed by atoms with Crippen molar-refractivity contribution in [1.82, 2.24) is 0 Å². The lowest BCUT2D eigenvalue weighted by Crippen LogP contribution is -2.25. The van der Waals surface area contributed by atoms with Crippen LogP contribution in [0.25, 0.3) is 0 Å². The summed E-state index contributed by atoms with van der Waals surface area (Å²) in [5, 5.41) is 0.716. The van der Waals surface area contributed by atoms with Crippen molar-refractivity contribution >= 4 is 11.8 Å². The predicted octanol–water partition coefficient (Wildman–Crippen LogP) is 2.28. The Morgan fingerprint density at radius 2 is 2.00 bits per heavy atom. The highest BCUT2D eigenvalue weighted by Gasteiger charge is 2.13. The fourth-order valence-corrected chi connectivity index (χ4v) is 1.90. The van der Waals surface area contributed by atoms with Crippen LogP contribution in [0.4, 0.5) is 0 Å². The van der Waals surface area contributed by atoms with Crippen molar-refractivity contribution in [3.05, 3.63) is 0 Å². The van der Waals surface area contributed by atoms with E-state index in [1.54, 1.807) is 0 Å². The maximum atomic E-state index is 5.42. The maximum absolute atomic E-state index is 5.42. The van der Waals surface area contributed by atoms with Crippen LogP contribution in [0.15, 0.2) is 0 Å². The summed E-state index contributed by atoms with van der Waals surface area (Å²) in [6.07, 6.45) is 2.15. The molecule has 1 heterocycles. The van der Waals surface area contributed by atoms with Crippen molar-refractivity contribution in [2.45, 2.75) is 38.2 Å². The van der Waals surface area contributed by atoms with E-state index in [0.29, 0.717) is 5.25 Å². The molecular weight excluding hydrogens is 172 g/mol. The normalized spacial score (nSPS) is 20.2. The van der Waals surface area contributed by atoms with Gasteiger partial charge in [-0.3, -0.25) is 0 Å². The van der Waals surface area contributed by atoms with E-state index in [1.807, 2.05) is 11.8 Å². The Bertz CT molecular complexity index is 111. The van der Waals surface area contributed by atoms with Gasteiger partial charge in [0.25, 0.3) is 0 Å². The minimum atomic E-state index is 0.0741. The third kappa shape index (κ3) is 4.33. The monoisotopic (exact) mass is 190 g/mol. The molecule has 12 heavy (non-hydrogen) atoms. The Balaban J connectivity index is 1.98. The van der Waals surface area contributed by atoms with Crippen LogP contribution in [-0.4, -0.2) is 30.5 Å².